The van der Waals surface area contributed by atoms with Crippen molar-refractivity contribution in [1.29, 1.82) is 0 Å². The molecule has 2 aliphatic carbocycles. The molecule has 0 nitrogen and oxygen atoms in total. The molecule has 0 radical (unpaired) electrons. The molecule has 0 saturated carbocycles. The van der Waals surface area contributed by atoms with Crippen molar-refractivity contribution in [3.05, 3.63) is 24.3 Å². The first-order valence-electron chi connectivity index (χ1n) is 3.55. The molecule has 0 aromatic carbocycles. The number of halogens is 1. The molecule has 0 unspecified atom stereocenters. The summed E-state index contributed by atoms with van der Waals surface area (Å²) in [6.07, 6.45) is 0.653. The third kappa shape index (κ3) is 1.35. The van der Waals surface area contributed by atoms with E-state index in [1.54, 1.807) is 6.92 Å². The van der Waals surface area contributed by atoms with Crippen LogP contribution in [-0.4, -0.2) is 6.67 Å². The van der Waals surface area contributed by atoms with Crippen LogP contribution in [0, 0.1) is 0 Å². The van der Waals surface area contributed by atoms with Gasteiger partial charge in [-0.15, -0.1) is 0 Å². The molecule has 0 aromatic rings. The van der Waals surface area contributed by atoms with Gasteiger partial charge in [-0.1, -0.05) is 31.2 Å². The number of fused-ring (bicyclic) bond motifs is 1. The monoisotopic (exact) mass is 138 g/mol. The molecule has 10 heavy (non-hydrogen) atoms. The molecule has 0 saturated heterocycles. The van der Waals surface area contributed by atoms with E-state index in [2.05, 4.69) is 24.3 Å². The van der Waals surface area contributed by atoms with Crippen LogP contribution in [0.4, 0.5) is 4.39 Å². The topological polar surface area (TPSA) is 0 Å². The molecular weight excluding hydrogens is 127 g/mol. The van der Waals surface area contributed by atoms with Gasteiger partial charge in [0, 0.05) is 0 Å². The van der Waals surface area contributed by atoms with Crippen molar-refractivity contribution >= 4 is 0 Å². The molecule has 0 N–H and O–H groups in total. The molecule has 0 spiro atoms. The molecule has 0 fully saturated rings. The van der Waals surface area contributed by atoms with Crippen LogP contribution in [-0.2, 0) is 0 Å². The van der Waals surface area contributed by atoms with Crippen LogP contribution in [0.2, 0.25) is 0 Å². The molecule has 2 aliphatic rings. The summed E-state index contributed by atoms with van der Waals surface area (Å²) in [5, 5.41) is 0. The average Bonchev–Trinajstić information content (AvgIpc) is 1.97. The maximum absolute atomic E-state index is 10.7. The number of alkyl halides is 1. The third-order valence-corrected chi connectivity index (χ3v) is 1.41. The van der Waals surface area contributed by atoms with Gasteiger partial charge in [-0.05, 0) is 17.5 Å². The minimum Gasteiger partial charge on any atom is -0.251 e. The second kappa shape index (κ2) is 3.35. The summed E-state index contributed by atoms with van der Waals surface area (Å²) in [5.74, 6) is 0. The van der Waals surface area contributed by atoms with Gasteiger partial charge in [-0.2, -0.15) is 0 Å². The quantitative estimate of drug-likeness (QED) is 0.568. The van der Waals surface area contributed by atoms with Crippen molar-refractivity contribution in [2.75, 3.05) is 6.67 Å². The molecule has 54 valence electrons. The maximum Gasteiger partial charge on any atom is 0.0891 e. The number of rotatable bonds is 1. The summed E-state index contributed by atoms with van der Waals surface area (Å²) in [7, 11) is 0. The van der Waals surface area contributed by atoms with E-state index in [1.807, 2.05) is 0 Å². The van der Waals surface area contributed by atoms with Crippen molar-refractivity contribution in [3.63, 3.8) is 0 Å². The van der Waals surface area contributed by atoms with Crippen LogP contribution in [0.3, 0.4) is 0 Å². The minimum absolute atomic E-state index is 0.181. The zero-order valence-corrected chi connectivity index (χ0v) is 6.10. The second-order valence-electron chi connectivity index (χ2n) is 2.27. The summed E-state index contributed by atoms with van der Waals surface area (Å²) in [4.78, 5) is 0. The highest BCUT2D eigenvalue weighted by molar-refractivity contribution is 5.75. The number of hydrogen-bond donors (Lipinski definition) is 0. The van der Waals surface area contributed by atoms with Crippen molar-refractivity contribution in [2.45, 2.75) is 13.3 Å². The Bertz CT molecular complexity index is 165. The first-order chi connectivity index (χ1) is 4.88. The highest BCUT2D eigenvalue weighted by Gasteiger charge is 2.03. The van der Waals surface area contributed by atoms with Gasteiger partial charge in [0.1, 0.15) is 0 Å². The zero-order valence-electron chi connectivity index (χ0n) is 6.10. The summed E-state index contributed by atoms with van der Waals surface area (Å²) in [5.41, 5.74) is 2.85. The summed E-state index contributed by atoms with van der Waals surface area (Å²) in [6.45, 7) is 1.62. The predicted molar refractivity (Wildman–Crippen MR) is 41.7 cm³/mol. The van der Waals surface area contributed by atoms with Gasteiger partial charge < -0.3 is 0 Å². The van der Waals surface area contributed by atoms with Crippen molar-refractivity contribution < 1.29 is 4.39 Å². The lowest BCUT2D eigenvalue weighted by Gasteiger charge is -2.10. The van der Waals surface area contributed by atoms with Gasteiger partial charge >= 0.3 is 0 Å². The van der Waals surface area contributed by atoms with E-state index in [9.17, 15) is 4.39 Å². The lowest BCUT2D eigenvalue weighted by atomic mass is 9.95. The Kier molecular flexibility index (Phi) is 2.43. The van der Waals surface area contributed by atoms with Crippen LogP contribution in [0.1, 0.15) is 13.3 Å². The van der Waals surface area contributed by atoms with Crippen molar-refractivity contribution in [3.8, 4) is 11.1 Å². The fraction of sp³-hybridized carbons (Fsp3) is 0.333. The molecule has 2 rings (SSSR count). The Morgan fingerprint density at radius 2 is 1.40 bits per heavy atom. The first kappa shape index (κ1) is 7.26. The van der Waals surface area contributed by atoms with Crippen LogP contribution in [0.25, 0.3) is 11.1 Å². The summed E-state index contributed by atoms with van der Waals surface area (Å²) >= 11 is 0. The maximum atomic E-state index is 10.7. The minimum atomic E-state index is -0.181. The van der Waals surface area contributed by atoms with Crippen molar-refractivity contribution in [1.82, 2.24) is 0 Å². The van der Waals surface area contributed by atoms with Gasteiger partial charge in [-0.25, -0.2) is 0 Å². The smallest absolute Gasteiger partial charge is 0.0891 e. The molecule has 0 bridgehead atoms. The highest BCUT2D eigenvalue weighted by atomic mass is 19.1. The Hall–Kier alpha value is -0.850. The lowest BCUT2D eigenvalue weighted by molar-refractivity contribution is 0.487. The van der Waals surface area contributed by atoms with Gasteiger partial charge in [0.25, 0.3) is 0 Å². The summed E-state index contributed by atoms with van der Waals surface area (Å²) < 4.78 is 10.7. The van der Waals surface area contributed by atoms with Gasteiger partial charge in [-0.3, -0.25) is 4.39 Å². The molecule has 0 aromatic heterocycles. The fourth-order valence-corrected chi connectivity index (χ4v) is 0.663. The number of hydrogen-bond acceptors (Lipinski definition) is 0. The van der Waals surface area contributed by atoms with E-state index in [0.29, 0.717) is 6.42 Å². The summed E-state index contributed by atoms with van der Waals surface area (Å²) in [6, 6.07) is 8.48. The van der Waals surface area contributed by atoms with E-state index in [1.165, 1.54) is 11.1 Å². The third-order valence-electron chi connectivity index (χ3n) is 1.41. The molecular formula is C9H11F. The van der Waals surface area contributed by atoms with Gasteiger partial charge in [0.15, 0.2) is 0 Å². The largest absolute Gasteiger partial charge is 0.251 e. The molecule has 0 atom stereocenters. The highest BCUT2D eigenvalue weighted by Crippen LogP contribution is 2.29. The standard InChI is InChI=1S/C6H4.C3H7F/c1-2-6-4-3-5(1)6;1-2-3-4/h1-4H;2-3H2,1H3. The molecule has 0 amide bonds. The van der Waals surface area contributed by atoms with Crippen molar-refractivity contribution in [2.24, 2.45) is 0 Å². The van der Waals surface area contributed by atoms with Crippen LogP contribution < -0.4 is 0 Å². The van der Waals surface area contributed by atoms with Crippen LogP contribution in [0.5, 0.6) is 0 Å². The van der Waals surface area contributed by atoms with E-state index in [0.717, 1.165) is 0 Å². The van der Waals surface area contributed by atoms with Crippen LogP contribution in [0.15, 0.2) is 24.3 Å². The van der Waals surface area contributed by atoms with Crippen LogP contribution >= 0.6 is 0 Å². The number of benzene rings is 1. The zero-order chi connectivity index (χ0) is 7.40. The predicted octanol–water partition coefficient (Wildman–Crippen LogP) is 3.03. The van der Waals surface area contributed by atoms with E-state index >= 15 is 0 Å². The molecule has 1 heteroatoms. The fourth-order valence-electron chi connectivity index (χ4n) is 0.663. The second-order valence-corrected chi connectivity index (χ2v) is 2.27. The van der Waals surface area contributed by atoms with E-state index in [4.69, 9.17) is 0 Å². The average molecular weight is 138 g/mol. The normalized spacial score (nSPS) is 9.80. The Morgan fingerprint density at radius 1 is 1.10 bits per heavy atom. The van der Waals surface area contributed by atoms with E-state index < -0.39 is 0 Å². The molecule has 0 aliphatic heterocycles. The Morgan fingerprint density at radius 3 is 1.40 bits per heavy atom. The molecule has 0 heterocycles. The Balaban J connectivity index is 0.000000112. The SMILES string of the molecule is CCCF.c1cc2ccc1-2. The Labute approximate surface area is 60.7 Å². The van der Waals surface area contributed by atoms with Gasteiger partial charge in [0.2, 0.25) is 0 Å². The first-order valence-corrected chi connectivity index (χ1v) is 3.55. The van der Waals surface area contributed by atoms with Gasteiger partial charge in [0.05, 0.1) is 6.67 Å². The van der Waals surface area contributed by atoms with E-state index in [-0.39, 0.29) is 6.67 Å². The lowest BCUT2D eigenvalue weighted by Crippen LogP contribution is -1.85.